The quantitative estimate of drug-likeness (QED) is 0.566. The van der Waals surface area contributed by atoms with Gasteiger partial charge in [-0.05, 0) is 22.9 Å². The number of nitrogens with zero attached hydrogens (tertiary/aromatic N) is 2. The number of hydrogen-bond acceptors (Lipinski definition) is 3. The van der Waals surface area contributed by atoms with Crippen molar-refractivity contribution in [1.29, 1.82) is 0 Å². The van der Waals surface area contributed by atoms with Crippen LogP contribution in [-0.4, -0.2) is 11.2 Å². The first-order chi connectivity index (χ1) is 9.43. The molecule has 0 atom stereocenters. The molecule has 2 aromatic carbocycles. The first-order valence-corrected chi connectivity index (χ1v) is 6.11. The fourth-order valence-corrected chi connectivity index (χ4v) is 1.96. The van der Waals surface area contributed by atoms with Crippen LogP contribution in [0.3, 0.4) is 0 Å². The molecule has 0 aliphatic heterocycles. The van der Waals surface area contributed by atoms with Gasteiger partial charge in [-0.2, -0.15) is 5.10 Å². The van der Waals surface area contributed by atoms with Gasteiger partial charge in [-0.15, -0.1) is 0 Å². The Hall–Kier alpha value is -2.68. The van der Waals surface area contributed by atoms with Gasteiger partial charge in [0, 0.05) is 11.8 Å². The van der Waals surface area contributed by atoms with Crippen molar-refractivity contribution in [1.82, 2.24) is 4.98 Å². The molecule has 0 saturated heterocycles. The summed E-state index contributed by atoms with van der Waals surface area (Å²) in [7, 11) is 0. The van der Waals surface area contributed by atoms with E-state index in [1.54, 1.807) is 6.20 Å². The Kier molecular flexibility index (Phi) is 3.19. The van der Waals surface area contributed by atoms with Crippen molar-refractivity contribution in [2.24, 2.45) is 5.10 Å². The van der Waals surface area contributed by atoms with Gasteiger partial charge >= 0.3 is 0 Å². The minimum Gasteiger partial charge on any atom is -0.261 e. The molecule has 0 saturated carbocycles. The molecule has 1 aromatic heterocycles. The monoisotopic (exact) mass is 247 g/mol. The lowest BCUT2D eigenvalue weighted by Crippen LogP contribution is -1.93. The summed E-state index contributed by atoms with van der Waals surface area (Å²) < 4.78 is 0. The second-order valence-corrected chi connectivity index (χ2v) is 4.15. The van der Waals surface area contributed by atoms with Crippen molar-refractivity contribution in [2.75, 3.05) is 5.43 Å². The zero-order valence-electron chi connectivity index (χ0n) is 10.3. The zero-order chi connectivity index (χ0) is 12.9. The Morgan fingerprint density at radius 2 is 1.74 bits per heavy atom. The number of hydrogen-bond donors (Lipinski definition) is 1. The molecule has 0 unspecified atom stereocenters. The second-order valence-electron chi connectivity index (χ2n) is 4.15. The molecule has 3 rings (SSSR count). The molecule has 19 heavy (non-hydrogen) atoms. The van der Waals surface area contributed by atoms with E-state index in [2.05, 4.69) is 33.7 Å². The summed E-state index contributed by atoms with van der Waals surface area (Å²) in [4.78, 5) is 4.15. The van der Waals surface area contributed by atoms with Crippen LogP contribution in [0.1, 0.15) is 5.56 Å². The Labute approximate surface area is 111 Å². The summed E-state index contributed by atoms with van der Waals surface area (Å²) in [6, 6.07) is 20.1. The van der Waals surface area contributed by atoms with Crippen LogP contribution in [0, 0.1) is 0 Å². The van der Waals surface area contributed by atoms with Crippen LogP contribution >= 0.6 is 0 Å². The average Bonchev–Trinajstić information content (AvgIpc) is 2.49. The predicted molar refractivity (Wildman–Crippen MR) is 79.4 cm³/mol. The van der Waals surface area contributed by atoms with Crippen LogP contribution in [0.5, 0.6) is 0 Å². The number of anilines is 1. The third-order valence-electron chi connectivity index (χ3n) is 2.87. The van der Waals surface area contributed by atoms with Gasteiger partial charge in [0.2, 0.25) is 0 Å². The Morgan fingerprint density at radius 3 is 2.63 bits per heavy atom. The summed E-state index contributed by atoms with van der Waals surface area (Å²) in [5.41, 5.74) is 4.00. The Morgan fingerprint density at radius 1 is 0.895 bits per heavy atom. The molecule has 0 radical (unpaired) electrons. The highest BCUT2D eigenvalue weighted by molar-refractivity contribution is 5.99. The van der Waals surface area contributed by atoms with Gasteiger partial charge in [-0.1, -0.05) is 48.5 Å². The third kappa shape index (κ3) is 2.60. The van der Waals surface area contributed by atoms with Crippen molar-refractivity contribution >= 4 is 22.8 Å². The van der Waals surface area contributed by atoms with Gasteiger partial charge in [-0.25, -0.2) is 4.98 Å². The number of fused-ring (bicyclic) bond motifs is 1. The van der Waals surface area contributed by atoms with Crippen LogP contribution in [0.25, 0.3) is 10.8 Å². The molecule has 0 bridgehead atoms. The minimum absolute atomic E-state index is 0.735. The van der Waals surface area contributed by atoms with E-state index in [4.69, 9.17) is 0 Å². The molecule has 0 aliphatic carbocycles. The zero-order valence-corrected chi connectivity index (χ0v) is 10.3. The molecule has 3 nitrogen and oxygen atoms in total. The van der Waals surface area contributed by atoms with E-state index in [9.17, 15) is 0 Å². The van der Waals surface area contributed by atoms with Crippen molar-refractivity contribution in [3.63, 3.8) is 0 Å². The largest absolute Gasteiger partial charge is 0.261 e. The highest BCUT2D eigenvalue weighted by atomic mass is 15.3. The summed E-state index contributed by atoms with van der Waals surface area (Å²) in [6.45, 7) is 0. The summed E-state index contributed by atoms with van der Waals surface area (Å²) >= 11 is 0. The topological polar surface area (TPSA) is 37.3 Å². The highest BCUT2D eigenvalue weighted by Gasteiger charge is 1.96. The number of benzene rings is 2. The summed E-state index contributed by atoms with van der Waals surface area (Å²) in [6.07, 6.45) is 3.55. The SMILES string of the molecule is C(=N/Nc1ccccn1)/c1cccc2ccccc12. The van der Waals surface area contributed by atoms with E-state index in [1.165, 1.54) is 10.8 Å². The van der Waals surface area contributed by atoms with Gasteiger partial charge in [0.05, 0.1) is 6.21 Å². The second kappa shape index (κ2) is 5.31. The van der Waals surface area contributed by atoms with E-state index in [0.29, 0.717) is 0 Å². The van der Waals surface area contributed by atoms with Gasteiger partial charge < -0.3 is 0 Å². The Balaban J connectivity index is 1.85. The molecule has 3 aromatic rings. The van der Waals surface area contributed by atoms with Crippen LogP contribution in [0.2, 0.25) is 0 Å². The van der Waals surface area contributed by atoms with Gasteiger partial charge in [0.15, 0.2) is 0 Å². The first-order valence-electron chi connectivity index (χ1n) is 6.11. The van der Waals surface area contributed by atoms with Gasteiger partial charge in [0.1, 0.15) is 5.82 Å². The summed E-state index contributed by atoms with van der Waals surface area (Å²) in [5, 5.41) is 6.63. The van der Waals surface area contributed by atoms with Crippen molar-refractivity contribution in [3.8, 4) is 0 Å². The van der Waals surface area contributed by atoms with E-state index in [1.807, 2.05) is 48.7 Å². The van der Waals surface area contributed by atoms with Crippen LogP contribution in [0.15, 0.2) is 72.0 Å². The van der Waals surface area contributed by atoms with Crippen molar-refractivity contribution in [2.45, 2.75) is 0 Å². The Bertz CT molecular complexity index is 700. The molecule has 0 spiro atoms. The fourth-order valence-electron chi connectivity index (χ4n) is 1.96. The van der Waals surface area contributed by atoms with E-state index >= 15 is 0 Å². The van der Waals surface area contributed by atoms with E-state index in [-0.39, 0.29) is 0 Å². The lowest BCUT2D eigenvalue weighted by molar-refractivity contribution is 1.23. The standard InChI is InChI=1S/C16H13N3/c1-2-9-15-13(6-1)7-5-8-14(15)12-18-19-16-10-3-4-11-17-16/h1-12H,(H,17,19)/b18-12-. The molecule has 1 heterocycles. The van der Waals surface area contributed by atoms with Crippen molar-refractivity contribution in [3.05, 3.63) is 72.4 Å². The smallest absolute Gasteiger partial charge is 0.146 e. The maximum absolute atomic E-state index is 4.22. The van der Waals surface area contributed by atoms with Gasteiger partial charge in [-0.3, -0.25) is 5.43 Å². The number of aromatic nitrogens is 1. The van der Waals surface area contributed by atoms with E-state index in [0.717, 1.165) is 11.4 Å². The highest BCUT2D eigenvalue weighted by Crippen LogP contribution is 2.16. The maximum atomic E-state index is 4.22. The number of pyridine rings is 1. The lowest BCUT2D eigenvalue weighted by atomic mass is 10.1. The maximum Gasteiger partial charge on any atom is 0.146 e. The number of nitrogens with one attached hydrogen (secondary N) is 1. The van der Waals surface area contributed by atoms with Crippen molar-refractivity contribution < 1.29 is 0 Å². The first kappa shape index (κ1) is 11.4. The molecular weight excluding hydrogens is 234 g/mol. The number of rotatable bonds is 3. The number of hydrazone groups is 1. The fraction of sp³-hybridized carbons (Fsp3) is 0. The van der Waals surface area contributed by atoms with Crippen LogP contribution in [0.4, 0.5) is 5.82 Å². The molecule has 3 heteroatoms. The van der Waals surface area contributed by atoms with Crippen LogP contribution in [-0.2, 0) is 0 Å². The molecule has 92 valence electrons. The van der Waals surface area contributed by atoms with E-state index < -0.39 is 0 Å². The third-order valence-corrected chi connectivity index (χ3v) is 2.87. The summed E-state index contributed by atoms with van der Waals surface area (Å²) in [5.74, 6) is 0.735. The van der Waals surface area contributed by atoms with Gasteiger partial charge in [0.25, 0.3) is 0 Å². The molecular formula is C16H13N3. The van der Waals surface area contributed by atoms with Crippen LogP contribution < -0.4 is 5.43 Å². The molecule has 1 N–H and O–H groups in total. The predicted octanol–water partition coefficient (Wildman–Crippen LogP) is 3.68. The average molecular weight is 247 g/mol. The lowest BCUT2D eigenvalue weighted by Gasteiger charge is -2.01. The minimum atomic E-state index is 0.735. The normalized spacial score (nSPS) is 10.9. The molecule has 0 aliphatic rings. The molecule has 0 fully saturated rings. The molecule has 0 amide bonds.